The molecule has 0 radical (unpaired) electrons. The van der Waals surface area contributed by atoms with Crippen LogP contribution in [0, 0.1) is 0 Å². The van der Waals surface area contributed by atoms with Crippen LogP contribution in [0.4, 0.5) is 11.8 Å². The Morgan fingerprint density at radius 1 is 1.22 bits per heavy atom. The number of rotatable bonds is 5. The fourth-order valence-corrected chi connectivity index (χ4v) is 2.77. The molecule has 9 heteroatoms. The van der Waals surface area contributed by atoms with Gasteiger partial charge in [-0.2, -0.15) is 15.1 Å². The number of aryl methyl sites for hydroxylation is 1. The second-order valence-corrected chi connectivity index (χ2v) is 5.46. The van der Waals surface area contributed by atoms with E-state index in [-0.39, 0.29) is 19.0 Å². The molecule has 1 aliphatic heterocycles. The second kappa shape index (κ2) is 7.76. The Hall–Kier alpha value is -1.64. The van der Waals surface area contributed by atoms with Crippen molar-refractivity contribution >= 4 is 35.2 Å². The van der Waals surface area contributed by atoms with E-state index in [1.54, 1.807) is 10.9 Å². The SMILES string of the molecule is CCNc1nc(N2CCN(CCO)CC2)nc2c1cnn2C.Cl. The lowest BCUT2D eigenvalue weighted by atomic mass is 10.3. The minimum absolute atomic E-state index is 0. The fraction of sp³-hybridized carbons (Fsp3) is 0.643. The molecule has 0 aromatic carbocycles. The normalized spacial score (nSPS) is 15.7. The first-order valence-electron chi connectivity index (χ1n) is 7.74. The van der Waals surface area contributed by atoms with Gasteiger partial charge in [-0.25, -0.2) is 0 Å². The highest BCUT2D eigenvalue weighted by atomic mass is 35.5. The van der Waals surface area contributed by atoms with E-state index in [2.05, 4.69) is 37.1 Å². The molecule has 1 aliphatic rings. The molecule has 2 aromatic heterocycles. The molecule has 2 N–H and O–H groups in total. The van der Waals surface area contributed by atoms with Gasteiger partial charge in [-0.15, -0.1) is 12.4 Å². The van der Waals surface area contributed by atoms with E-state index in [4.69, 9.17) is 5.11 Å². The fourth-order valence-electron chi connectivity index (χ4n) is 2.77. The van der Waals surface area contributed by atoms with Crippen molar-refractivity contribution in [2.45, 2.75) is 6.92 Å². The molecule has 0 amide bonds. The zero-order chi connectivity index (χ0) is 15.5. The number of piperazine rings is 1. The van der Waals surface area contributed by atoms with E-state index < -0.39 is 0 Å². The zero-order valence-electron chi connectivity index (χ0n) is 13.6. The van der Waals surface area contributed by atoms with E-state index in [0.29, 0.717) is 0 Å². The molecule has 128 valence electrons. The molecule has 1 saturated heterocycles. The van der Waals surface area contributed by atoms with E-state index >= 15 is 0 Å². The smallest absolute Gasteiger partial charge is 0.229 e. The molecule has 2 aromatic rings. The van der Waals surface area contributed by atoms with Crippen LogP contribution in [-0.4, -0.2) is 75.6 Å². The maximum Gasteiger partial charge on any atom is 0.229 e. The highest BCUT2D eigenvalue weighted by Crippen LogP contribution is 2.23. The Labute approximate surface area is 141 Å². The van der Waals surface area contributed by atoms with Crippen LogP contribution in [0.15, 0.2) is 6.20 Å². The lowest BCUT2D eigenvalue weighted by molar-refractivity contribution is 0.188. The van der Waals surface area contributed by atoms with Crippen LogP contribution in [0.1, 0.15) is 6.92 Å². The van der Waals surface area contributed by atoms with Crippen molar-refractivity contribution in [1.29, 1.82) is 0 Å². The second-order valence-electron chi connectivity index (χ2n) is 5.46. The Morgan fingerprint density at radius 2 is 1.96 bits per heavy atom. The average molecular weight is 342 g/mol. The number of aliphatic hydroxyl groups is 1. The topological polar surface area (TPSA) is 82.3 Å². The number of aliphatic hydroxyl groups excluding tert-OH is 1. The number of hydrogen-bond acceptors (Lipinski definition) is 7. The summed E-state index contributed by atoms with van der Waals surface area (Å²) in [5.41, 5.74) is 0.846. The summed E-state index contributed by atoms with van der Waals surface area (Å²) in [6.45, 7) is 7.39. The van der Waals surface area contributed by atoms with Crippen molar-refractivity contribution in [2.24, 2.45) is 7.05 Å². The first kappa shape index (κ1) is 17.7. The van der Waals surface area contributed by atoms with Gasteiger partial charge in [0.1, 0.15) is 5.82 Å². The third-order valence-corrected chi connectivity index (χ3v) is 4.00. The van der Waals surface area contributed by atoms with Crippen molar-refractivity contribution < 1.29 is 5.11 Å². The standard InChI is InChI=1S/C14H23N7O.ClH/c1-3-15-12-11-10-16-19(2)13(11)18-14(17-12)21-6-4-20(5-7-21)8-9-22;/h10,22H,3-9H2,1-2H3,(H,15,17,18);1H. The summed E-state index contributed by atoms with van der Waals surface area (Å²) in [6, 6.07) is 0. The highest BCUT2D eigenvalue weighted by Gasteiger charge is 2.20. The van der Waals surface area contributed by atoms with Gasteiger partial charge < -0.3 is 15.3 Å². The monoisotopic (exact) mass is 341 g/mol. The summed E-state index contributed by atoms with van der Waals surface area (Å²) < 4.78 is 1.78. The van der Waals surface area contributed by atoms with Crippen LogP contribution in [0.2, 0.25) is 0 Å². The summed E-state index contributed by atoms with van der Waals surface area (Å²) >= 11 is 0. The molecule has 0 unspecified atom stereocenters. The number of hydrogen-bond donors (Lipinski definition) is 2. The Morgan fingerprint density at radius 3 is 2.61 bits per heavy atom. The van der Waals surface area contributed by atoms with Gasteiger partial charge in [0, 0.05) is 46.3 Å². The Bertz CT molecular complexity index is 639. The number of aromatic nitrogens is 4. The first-order valence-corrected chi connectivity index (χ1v) is 7.74. The Kier molecular flexibility index (Phi) is 5.97. The van der Waals surface area contributed by atoms with Crippen molar-refractivity contribution in [3.8, 4) is 0 Å². The molecular weight excluding hydrogens is 318 g/mol. The van der Waals surface area contributed by atoms with E-state index in [0.717, 1.165) is 62.1 Å². The molecule has 8 nitrogen and oxygen atoms in total. The van der Waals surface area contributed by atoms with Crippen molar-refractivity contribution in [1.82, 2.24) is 24.6 Å². The quantitative estimate of drug-likeness (QED) is 0.811. The Balaban J connectivity index is 0.00000192. The zero-order valence-corrected chi connectivity index (χ0v) is 14.4. The van der Waals surface area contributed by atoms with Crippen LogP contribution < -0.4 is 10.2 Å². The van der Waals surface area contributed by atoms with Crippen molar-refractivity contribution in [3.05, 3.63) is 6.20 Å². The van der Waals surface area contributed by atoms with E-state index in [1.165, 1.54) is 0 Å². The maximum absolute atomic E-state index is 9.02. The molecule has 0 aliphatic carbocycles. The number of fused-ring (bicyclic) bond motifs is 1. The minimum Gasteiger partial charge on any atom is -0.395 e. The van der Waals surface area contributed by atoms with Crippen LogP contribution in [0.3, 0.4) is 0 Å². The summed E-state index contributed by atoms with van der Waals surface area (Å²) in [4.78, 5) is 13.8. The lowest BCUT2D eigenvalue weighted by Gasteiger charge is -2.34. The molecule has 0 atom stereocenters. The van der Waals surface area contributed by atoms with Crippen LogP contribution in [-0.2, 0) is 7.05 Å². The van der Waals surface area contributed by atoms with Crippen molar-refractivity contribution in [2.75, 3.05) is 56.1 Å². The van der Waals surface area contributed by atoms with Gasteiger partial charge in [0.15, 0.2) is 5.65 Å². The number of nitrogens with zero attached hydrogens (tertiary/aromatic N) is 6. The predicted octanol–water partition coefficient (Wildman–Crippen LogP) is 0.331. The van der Waals surface area contributed by atoms with Crippen molar-refractivity contribution in [3.63, 3.8) is 0 Å². The first-order chi connectivity index (χ1) is 10.7. The van der Waals surface area contributed by atoms with E-state index in [1.807, 2.05) is 7.05 Å². The van der Waals surface area contributed by atoms with Crippen LogP contribution in [0.25, 0.3) is 11.0 Å². The molecule has 0 spiro atoms. The van der Waals surface area contributed by atoms with Gasteiger partial charge >= 0.3 is 0 Å². The number of anilines is 2. The summed E-state index contributed by atoms with van der Waals surface area (Å²) in [6.07, 6.45) is 1.80. The van der Waals surface area contributed by atoms with E-state index in [9.17, 15) is 0 Å². The third kappa shape index (κ3) is 3.65. The largest absolute Gasteiger partial charge is 0.395 e. The number of nitrogens with one attached hydrogen (secondary N) is 1. The van der Waals surface area contributed by atoms with Gasteiger partial charge in [0.25, 0.3) is 0 Å². The summed E-state index contributed by atoms with van der Waals surface area (Å²) in [5, 5.41) is 17.6. The minimum atomic E-state index is 0. The number of β-amino-alcohol motifs (C(OH)–C–C–N with tert-alkyl or cyclic N) is 1. The summed E-state index contributed by atoms with van der Waals surface area (Å²) in [5.74, 6) is 1.59. The average Bonchev–Trinajstić information content (AvgIpc) is 2.90. The van der Waals surface area contributed by atoms with Gasteiger partial charge in [0.05, 0.1) is 18.2 Å². The highest BCUT2D eigenvalue weighted by molar-refractivity contribution is 5.87. The van der Waals surface area contributed by atoms with Gasteiger partial charge in [-0.1, -0.05) is 0 Å². The van der Waals surface area contributed by atoms with Gasteiger partial charge in [0.2, 0.25) is 5.95 Å². The molecule has 0 bridgehead atoms. The van der Waals surface area contributed by atoms with Gasteiger partial charge in [-0.3, -0.25) is 9.58 Å². The lowest BCUT2D eigenvalue weighted by Crippen LogP contribution is -2.47. The third-order valence-electron chi connectivity index (χ3n) is 4.00. The molecule has 3 rings (SSSR count). The molecule has 0 saturated carbocycles. The predicted molar refractivity (Wildman–Crippen MR) is 93.5 cm³/mol. The summed E-state index contributed by atoms with van der Waals surface area (Å²) in [7, 11) is 1.90. The molecule has 23 heavy (non-hydrogen) atoms. The van der Waals surface area contributed by atoms with Gasteiger partial charge in [-0.05, 0) is 6.92 Å². The maximum atomic E-state index is 9.02. The van der Waals surface area contributed by atoms with Crippen LogP contribution in [0.5, 0.6) is 0 Å². The van der Waals surface area contributed by atoms with Crippen LogP contribution >= 0.6 is 12.4 Å². The molecule has 3 heterocycles. The number of halogens is 1. The molecule has 1 fully saturated rings. The molecular formula is C14H24ClN7O.